The zero-order chi connectivity index (χ0) is 20.0. The molecular weight excluding hydrogens is 359 g/mol. The predicted molar refractivity (Wildman–Crippen MR) is 98.2 cm³/mol. The fourth-order valence-electron chi connectivity index (χ4n) is 2.49. The first-order valence-corrected chi connectivity index (χ1v) is 8.32. The molecule has 0 unspecified atom stereocenters. The van der Waals surface area contributed by atoms with Crippen molar-refractivity contribution >= 4 is 11.4 Å². The zero-order valence-corrected chi connectivity index (χ0v) is 14.8. The number of anilines is 1. The van der Waals surface area contributed by atoms with Gasteiger partial charge in [-0.2, -0.15) is 13.2 Å². The van der Waals surface area contributed by atoms with Crippen LogP contribution in [0.15, 0.2) is 42.5 Å². The van der Waals surface area contributed by atoms with Crippen molar-refractivity contribution < 1.29 is 23.0 Å². The number of hydrogen-bond acceptors (Lipinski definition) is 5. The van der Waals surface area contributed by atoms with Crippen molar-refractivity contribution in [1.82, 2.24) is 5.32 Å². The van der Waals surface area contributed by atoms with Crippen LogP contribution in [0.3, 0.4) is 0 Å². The molecule has 8 heteroatoms. The summed E-state index contributed by atoms with van der Waals surface area (Å²) in [6.45, 7) is 2.97. The number of rotatable bonds is 8. The normalized spacial score (nSPS) is 12.6. The minimum Gasteiger partial charge on any atom is -0.492 e. The highest BCUT2D eigenvalue weighted by Crippen LogP contribution is 2.27. The number of nitrogen functional groups attached to an aromatic ring is 1. The topological polar surface area (TPSA) is 91.4 Å². The molecule has 2 rings (SSSR count). The van der Waals surface area contributed by atoms with Crippen LogP contribution in [-0.4, -0.2) is 36.7 Å². The summed E-state index contributed by atoms with van der Waals surface area (Å²) in [4.78, 5) is 0. The van der Waals surface area contributed by atoms with Gasteiger partial charge in [0, 0.05) is 30.4 Å². The Balaban J connectivity index is 1.79. The molecule has 2 aromatic carbocycles. The van der Waals surface area contributed by atoms with Gasteiger partial charge in [0.15, 0.2) is 0 Å². The summed E-state index contributed by atoms with van der Waals surface area (Å²) < 4.78 is 43.2. The lowest BCUT2D eigenvalue weighted by molar-refractivity contribution is -0.0587. The van der Waals surface area contributed by atoms with Crippen LogP contribution in [0.1, 0.15) is 22.8 Å². The van der Waals surface area contributed by atoms with E-state index in [1.807, 2.05) is 31.2 Å². The van der Waals surface area contributed by atoms with Crippen LogP contribution in [0.25, 0.3) is 0 Å². The number of nitrogens with one attached hydrogen (secondary N) is 2. The molecule has 0 heterocycles. The lowest BCUT2D eigenvalue weighted by Crippen LogP contribution is -2.26. The van der Waals surface area contributed by atoms with E-state index in [2.05, 4.69) is 5.32 Å². The molecule has 0 aromatic heterocycles. The van der Waals surface area contributed by atoms with Crippen molar-refractivity contribution in [2.75, 3.05) is 25.4 Å². The van der Waals surface area contributed by atoms with Crippen LogP contribution < -0.4 is 15.8 Å². The van der Waals surface area contributed by atoms with Crippen LogP contribution >= 0.6 is 0 Å². The first-order valence-electron chi connectivity index (χ1n) is 8.32. The number of alkyl halides is 3. The minimum atomic E-state index is -4.75. The maximum atomic E-state index is 12.6. The molecular formula is C19H22F3N3O2. The number of aliphatic hydroxyl groups is 1. The van der Waals surface area contributed by atoms with Crippen molar-refractivity contribution in [3.05, 3.63) is 59.2 Å². The Bertz CT molecular complexity index is 794. The summed E-state index contributed by atoms with van der Waals surface area (Å²) in [5.74, 6) is 0.312. The summed E-state index contributed by atoms with van der Waals surface area (Å²) in [6, 6.07) is 11.3. The summed E-state index contributed by atoms with van der Waals surface area (Å²) in [5, 5.41) is 20.3. The zero-order valence-electron chi connectivity index (χ0n) is 14.8. The molecule has 1 atom stereocenters. The van der Waals surface area contributed by atoms with E-state index in [0.717, 1.165) is 17.2 Å². The molecule has 0 bridgehead atoms. The molecule has 0 saturated carbocycles. The predicted octanol–water partition coefficient (Wildman–Crippen LogP) is 3.21. The van der Waals surface area contributed by atoms with Crippen LogP contribution in [0.4, 0.5) is 18.9 Å². The Hall–Kier alpha value is -2.58. The average Bonchev–Trinajstić information content (AvgIpc) is 2.60. The van der Waals surface area contributed by atoms with Crippen LogP contribution in [0, 0.1) is 12.3 Å². The smallest absolute Gasteiger partial charge is 0.433 e. The third kappa shape index (κ3) is 5.97. The molecule has 0 amide bonds. The number of halogens is 3. The SMILES string of the molecule is Cc1cccc([C@@H](O)CNCCOc2ccc(C(=N)C(F)(F)F)c(N)c2)c1. The van der Waals surface area contributed by atoms with Crippen LogP contribution in [-0.2, 0) is 0 Å². The quantitative estimate of drug-likeness (QED) is 0.321. The highest BCUT2D eigenvalue weighted by atomic mass is 19.4. The van der Waals surface area contributed by atoms with Gasteiger partial charge in [0.1, 0.15) is 18.1 Å². The molecule has 0 aliphatic rings. The first-order chi connectivity index (χ1) is 12.7. The Labute approximate surface area is 155 Å². The van der Waals surface area contributed by atoms with Gasteiger partial charge in [0.2, 0.25) is 0 Å². The third-order valence-electron chi connectivity index (χ3n) is 3.89. The van der Waals surface area contributed by atoms with Gasteiger partial charge in [-0.3, -0.25) is 5.41 Å². The van der Waals surface area contributed by atoms with Gasteiger partial charge < -0.3 is 20.9 Å². The van der Waals surface area contributed by atoms with Gasteiger partial charge in [0.25, 0.3) is 0 Å². The number of nitrogens with two attached hydrogens (primary N) is 1. The van der Waals surface area contributed by atoms with Gasteiger partial charge in [0.05, 0.1) is 6.10 Å². The minimum absolute atomic E-state index is 0.169. The molecule has 0 spiro atoms. The van der Waals surface area contributed by atoms with Gasteiger partial charge in [-0.25, -0.2) is 0 Å². The third-order valence-corrected chi connectivity index (χ3v) is 3.89. The number of aryl methyl sites for hydroxylation is 1. The van der Waals surface area contributed by atoms with E-state index < -0.39 is 18.0 Å². The van der Waals surface area contributed by atoms with E-state index in [-0.39, 0.29) is 17.9 Å². The average molecular weight is 381 g/mol. The molecule has 2 aromatic rings. The van der Waals surface area contributed by atoms with Crippen molar-refractivity contribution in [2.24, 2.45) is 0 Å². The number of ether oxygens (including phenoxy) is 1. The Morgan fingerprint density at radius 3 is 2.63 bits per heavy atom. The van der Waals surface area contributed by atoms with Crippen molar-refractivity contribution in [2.45, 2.75) is 19.2 Å². The second-order valence-electron chi connectivity index (χ2n) is 6.10. The maximum Gasteiger partial charge on any atom is 0.433 e. The van der Waals surface area contributed by atoms with Gasteiger partial charge in [-0.1, -0.05) is 29.8 Å². The number of hydrogen-bond donors (Lipinski definition) is 4. The fraction of sp³-hybridized carbons (Fsp3) is 0.316. The van der Waals surface area contributed by atoms with Gasteiger partial charge >= 0.3 is 6.18 Å². The summed E-state index contributed by atoms with van der Waals surface area (Å²) in [6.07, 6.45) is -5.40. The lowest BCUT2D eigenvalue weighted by Gasteiger charge is -2.14. The van der Waals surface area contributed by atoms with Crippen molar-refractivity contribution in [1.29, 1.82) is 5.41 Å². The number of aliphatic hydroxyl groups excluding tert-OH is 1. The maximum absolute atomic E-state index is 12.6. The van der Waals surface area contributed by atoms with Crippen molar-refractivity contribution in [3.63, 3.8) is 0 Å². The Morgan fingerprint density at radius 1 is 1.26 bits per heavy atom. The van der Waals surface area contributed by atoms with Crippen LogP contribution in [0.5, 0.6) is 5.75 Å². The van der Waals surface area contributed by atoms with E-state index in [1.54, 1.807) is 0 Å². The standard InChI is InChI=1S/C19H22F3N3O2/c1-12-3-2-4-13(9-12)17(26)11-25-7-8-27-14-5-6-15(16(23)10-14)18(24)19(20,21)22/h2-6,9-10,17,24-26H,7-8,11,23H2,1H3/t17-/m0/s1. The highest BCUT2D eigenvalue weighted by molar-refractivity contribution is 6.06. The molecule has 0 aliphatic carbocycles. The van der Waals surface area contributed by atoms with E-state index in [0.29, 0.717) is 18.8 Å². The van der Waals surface area contributed by atoms with Gasteiger partial charge in [-0.05, 0) is 24.6 Å². The summed E-state index contributed by atoms with van der Waals surface area (Å²) >= 11 is 0. The Morgan fingerprint density at radius 2 is 2.00 bits per heavy atom. The molecule has 0 aliphatic heterocycles. The number of benzene rings is 2. The molecule has 0 radical (unpaired) electrons. The summed E-state index contributed by atoms with van der Waals surface area (Å²) in [7, 11) is 0. The van der Waals surface area contributed by atoms with E-state index in [1.165, 1.54) is 12.1 Å². The molecule has 5 nitrogen and oxygen atoms in total. The molecule has 0 saturated heterocycles. The second-order valence-corrected chi connectivity index (χ2v) is 6.10. The largest absolute Gasteiger partial charge is 0.492 e. The monoisotopic (exact) mass is 381 g/mol. The van der Waals surface area contributed by atoms with E-state index in [9.17, 15) is 18.3 Å². The van der Waals surface area contributed by atoms with E-state index in [4.69, 9.17) is 15.9 Å². The van der Waals surface area contributed by atoms with Crippen molar-refractivity contribution in [3.8, 4) is 5.75 Å². The molecule has 5 N–H and O–H groups in total. The Kier molecular flexibility index (Phi) is 6.81. The summed E-state index contributed by atoms with van der Waals surface area (Å²) in [5.41, 5.74) is 5.44. The van der Waals surface area contributed by atoms with Gasteiger partial charge in [-0.15, -0.1) is 0 Å². The molecule has 146 valence electrons. The lowest BCUT2D eigenvalue weighted by atomic mass is 10.1. The van der Waals surface area contributed by atoms with Crippen LogP contribution in [0.2, 0.25) is 0 Å². The molecule has 27 heavy (non-hydrogen) atoms. The second kappa shape index (κ2) is 8.88. The highest BCUT2D eigenvalue weighted by Gasteiger charge is 2.36. The van der Waals surface area contributed by atoms with E-state index >= 15 is 0 Å². The fourth-order valence-corrected chi connectivity index (χ4v) is 2.49. The first kappa shape index (κ1) is 20.7. The molecule has 0 fully saturated rings.